The van der Waals surface area contributed by atoms with E-state index in [1.165, 1.54) is 0 Å². The van der Waals surface area contributed by atoms with Crippen LogP contribution in [0.2, 0.25) is 0 Å². The molecule has 6 heteroatoms. The van der Waals surface area contributed by atoms with E-state index >= 15 is 0 Å². The average molecular weight is 271 g/mol. The molecule has 3 unspecified atom stereocenters. The highest BCUT2D eigenvalue weighted by atomic mass is 16.5. The number of rotatable bonds is 4. The number of morpholine rings is 1. The van der Waals surface area contributed by atoms with Crippen LogP contribution < -0.4 is 0 Å². The number of hydrogen-bond donors (Lipinski definition) is 1. The minimum atomic E-state index is -0.876. The summed E-state index contributed by atoms with van der Waals surface area (Å²) < 4.78 is 10.9. The Morgan fingerprint density at radius 2 is 2.11 bits per heavy atom. The van der Waals surface area contributed by atoms with Crippen molar-refractivity contribution in [3.05, 3.63) is 0 Å². The van der Waals surface area contributed by atoms with E-state index in [1.54, 1.807) is 12.0 Å². The summed E-state index contributed by atoms with van der Waals surface area (Å²) in [6, 6.07) is 0. The lowest BCUT2D eigenvalue weighted by Crippen LogP contribution is -2.56. The number of methoxy groups -OCH3 is 1. The van der Waals surface area contributed by atoms with Crippen molar-refractivity contribution >= 4 is 11.9 Å². The first-order chi connectivity index (χ1) is 8.84. The Bertz CT molecular complexity index is 381. The third-order valence-corrected chi connectivity index (χ3v) is 3.57. The fourth-order valence-corrected chi connectivity index (χ4v) is 2.71. The molecule has 2 aliphatic rings. The Kier molecular flexibility index (Phi) is 3.82. The fraction of sp³-hybridized carbons (Fsp3) is 0.846. The van der Waals surface area contributed by atoms with Crippen LogP contribution in [-0.2, 0) is 19.1 Å². The number of carboxylic acid groups (broad SMARTS) is 1. The number of amides is 1. The van der Waals surface area contributed by atoms with Crippen molar-refractivity contribution in [2.75, 3.05) is 26.8 Å². The Balaban J connectivity index is 1.99. The summed E-state index contributed by atoms with van der Waals surface area (Å²) in [6.07, 6.45) is 0.306. The maximum atomic E-state index is 12.3. The van der Waals surface area contributed by atoms with Gasteiger partial charge in [-0.25, -0.2) is 0 Å². The minimum absolute atomic E-state index is 0.0649. The SMILES string of the molecule is COCC1CN(C(=O)C2CC2C(=O)O)CC(C)(C)O1. The highest BCUT2D eigenvalue weighted by molar-refractivity contribution is 5.89. The first-order valence-corrected chi connectivity index (χ1v) is 6.52. The van der Waals surface area contributed by atoms with Crippen LogP contribution >= 0.6 is 0 Å². The molecule has 3 atom stereocenters. The number of hydrogen-bond acceptors (Lipinski definition) is 4. The topological polar surface area (TPSA) is 76.1 Å². The molecule has 2 fully saturated rings. The van der Waals surface area contributed by atoms with Crippen molar-refractivity contribution < 1.29 is 24.2 Å². The zero-order valence-electron chi connectivity index (χ0n) is 11.6. The molecule has 2 rings (SSSR count). The molecule has 1 saturated heterocycles. The van der Waals surface area contributed by atoms with Gasteiger partial charge in [0.25, 0.3) is 0 Å². The molecule has 1 aliphatic heterocycles. The van der Waals surface area contributed by atoms with E-state index < -0.39 is 17.5 Å². The van der Waals surface area contributed by atoms with Crippen LogP contribution in [0.3, 0.4) is 0 Å². The summed E-state index contributed by atoms with van der Waals surface area (Å²) in [5.74, 6) is -1.79. The number of carbonyl (C=O) groups excluding carboxylic acids is 1. The Morgan fingerprint density at radius 1 is 1.42 bits per heavy atom. The molecular formula is C13H21NO5. The average Bonchev–Trinajstić information content (AvgIpc) is 3.06. The van der Waals surface area contributed by atoms with E-state index in [4.69, 9.17) is 14.6 Å². The molecule has 1 aliphatic carbocycles. The van der Waals surface area contributed by atoms with Gasteiger partial charge in [0.15, 0.2) is 0 Å². The third-order valence-electron chi connectivity index (χ3n) is 3.57. The van der Waals surface area contributed by atoms with E-state index in [2.05, 4.69) is 0 Å². The van der Waals surface area contributed by atoms with Gasteiger partial charge in [-0.05, 0) is 20.3 Å². The van der Waals surface area contributed by atoms with Gasteiger partial charge in [0, 0.05) is 20.2 Å². The van der Waals surface area contributed by atoms with Gasteiger partial charge in [-0.2, -0.15) is 0 Å². The van der Waals surface area contributed by atoms with Crippen molar-refractivity contribution in [3.8, 4) is 0 Å². The Labute approximate surface area is 112 Å². The summed E-state index contributed by atoms with van der Waals surface area (Å²) in [4.78, 5) is 24.8. The number of carboxylic acids is 1. The Hall–Kier alpha value is -1.14. The molecule has 19 heavy (non-hydrogen) atoms. The number of nitrogens with zero attached hydrogens (tertiary/aromatic N) is 1. The molecule has 1 saturated carbocycles. The van der Waals surface area contributed by atoms with Crippen LogP contribution in [0.5, 0.6) is 0 Å². The summed E-state index contributed by atoms with van der Waals surface area (Å²) in [5, 5.41) is 8.89. The molecule has 0 radical (unpaired) electrons. The lowest BCUT2D eigenvalue weighted by molar-refractivity contribution is -0.170. The minimum Gasteiger partial charge on any atom is -0.481 e. The predicted octanol–water partition coefficient (Wildman–Crippen LogP) is 0.360. The largest absolute Gasteiger partial charge is 0.481 e. The molecule has 1 amide bonds. The van der Waals surface area contributed by atoms with Gasteiger partial charge in [-0.3, -0.25) is 9.59 Å². The molecule has 1 N–H and O–H groups in total. The van der Waals surface area contributed by atoms with Crippen molar-refractivity contribution in [1.29, 1.82) is 0 Å². The van der Waals surface area contributed by atoms with Crippen LogP contribution in [-0.4, -0.2) is 60.4 Å². The highest BCUT2D eigenvalue weighted by Crippen LogP contribution is 2.41. The van der Waals surface area contributed by atoms with Gasteiger partial charge < -0.3 is 19.5 Å². The summed E-state index contributed by atoms with van der Waals surface area (Å²) >= 11 is 0. The monoisotopic (exact) mass is 271 g/mol. The van der Waals surface area contributed by atoms with Gasteiger partial charge in [0.1, 0.15) is 0 Å². The van der Waals surface area contributed by atoms with Crippen molar-refractivity contribution in [2.45, 2.75) is 32.0 Å². The third kappa shape index (κ3) is 3.25. The second-order valence-electron chi connectivity index (χ2n) is 5.96. The smallest absolute Gasteiger partial charge is 0.307 e. The van der Waals surface area contributed by atoms with Crippen LogP contribution in [0.15, 0.2) is 0 Å². The van der Waals surface area contributed by atoms with Crippen LogP contribution in [0.4, 0.5) is 0 Å². The number of carbonyl (C=O) groups is 2. The van der Waals surface area contributed by atoms with E-state index in [-0.39, 0.29) is 17.9 Å². The molecule has 0 bridgehead atoms. The van der Waals surface area contributed by atoms with Gasteiger partial charge >= 0.3 is 5.97 Å². The predicted molar refractivity (Wildman–Crippen MR) is 66.6 cm³/mol. The standard InChI is InChI=1S/C13H21NO5/c1-13(2)7-14(5-8(19-13)6-18-3)11(15)9-4-10(9)12(16)17/h8-10H,4-7H2,1-3H3,(H,16,17). The maximum Gasteiger partial charge on any atom is 0.307 e. The summed E-state index contributed by atoms with van der Waals surface area (Å²) in [7, 11) is 1.60. The van der Waals surface area contributed by atoms with Gasteiger partial charge in [-0.15, -0.1) is 0 Å². The van der Waals surface area contributed by atoms with E-state index in [0.29, 0.717) is 26.1 Å². The number of aliphatic carboxylic acids is 1. The zero-order valence-corrected chi connectivity index (χ0v) is 11.6. The molecule has 6 nitrogen and oxygen atoms in total. The van der Waals surface area contributed by atoms with Crippen LogP contribution in [0, 0.1) is 11.8 Å². The van der Waals surface area contributed by atoms with Gasteiger partial charge in [0.2, 0.25) is 5.91 Å². The quantitative estimate of drug-likeness (QED) is 0.799. The van der Waals surface area contributed by atoms with Crippen molar-refractivity contribution in [1.82, 2.24) is 4.90 Å². The van der Waals surface area contributed by atoms with Gasteiger partial charge in [0.05, 0.1) is 30.1 Å². The van der Waals surface area contributed by atoms with E-state index in [9.17, 15) is 9.59 Å². The first kappa shape index (κ1) is 14.3. The molecule has 0 aromatic carbocycles. The van der Waals surface area contributed by atoms with Crippen molar-refractivity contribution in [2.24, 2.45) is 11.8 Å². The lowest BCUT2D eigenvalue weighted by Gasteiger charge is -2.42. The molecule has 1 heterocycles. The van der Waals surface area contributed by atoms with Crippen LogP contribution in [0.25, 0.3) is 0 Å². The highest BCUT2D eigenvalue weighted by Gasteiger charge is 2.51. The summed E-state index contributed by atoms with van der Waals surface area (Å²) in [6.45, 7) is 5.25. The molecule has 108 valence electrons. The number of ether oxygens (including phenoxy) is 2. The summed E-state index contributed by atoms with van der Waals surface area (Å²) in [5.41, 5.74) is -0.426. The normalized spacial score (nSPS) is 33.0. The van der Waals surface area contributed by atoms with E-state index in [0.717, 1.165) is 0 Å². The maximum absolute atomic E-state index is 12.3. The lowest BCUT2D eigenvalue weighted by atomic mass is 10.0. The second kappa shape index (κ2) is 5.09. The van der Waals surface area contributed by atoms with Crippen LogP contribution in [0.1, 0.15) is 20.3 Å². The van der Waals surface area contributed by atoms with Crippen molar-refractivity contribution in [3.63, 3.8) is 0 Å². The van der Waals surface area contributed by atoms with E-state index in [1.807, 2.05) is 13.8 Å². The molecule has 0 aromatic heterocycles. The molecule has 0 spiro atoms. The molecular weight excluding hydrogens is 250 g/mol. The zero-order chi connectivity index (χ0) is 14.2. The Morgan fingerprint density at radius 3 is 2.63 bits per heavy atom. The second-order valence-corrected chi connectivity index (χ2v) is 5.96. The fourth-order valence-electron chi connectivity index (χ4n) is 2.71. The molecule has 0 aromatic rings. The first-order valence-electron chi connectivity index (χ1n) is 6.52. The van der Waals surface area contributed by atoms with Gasteiger partial charge in [-0.1, -0.05) is 0 Å².